The van der Waals surface area contributed by atoms with Gasteiger partial charge in [-0.2, -0.15) is 13.2 Å². The van der Waals surface area contributed by atoms with Crippen molar-refractivity contribution in [1.29, 1.82) is 0 Å². The largest absolute Gasteiger partial charge is 0.465 e. The summed E-state index contributed by atoms with van der Waals surface area (Å²) in [5.41, 5.74) is -1.48. The van der Waals surface area contributed by atoms with Gasteiger partial charge in [0.1, 0.15) is 6.04 Å². The van der Waals surface area contributed by atoms with Gasteiger partial charge >= 0.3 is 12.3 Å². The second kappa shape index (κ2) is 4.67. The van der Waals surface area contributed by atoms with Gasteiger partial charge in [0.15, 0.2) is 0 Å². The van der Waals surface area contributed by atoms with Gasteiger partial charge < -0.3 is 15.5 Å². The standard InChI is InChI=1S/C7H13F3N2O3/c1-6(2,12-5(14)15)11-4(3-13)7(8,9)10/h4,11-13H,3H2,1-2H3,(H,14,15)/t4-/m0/s1. The Labute approximate surface area is 84.3 Å². The van der Waals surface area contributed by atoms with Gasteiger partial charge in [-0.1, -0.05) is 0 Å². The zero-order valence-electron chi connectivity index (χ0n) is 8.22. The number of carbonyl (C=O) groups is 1. The molecule has 8 heteroatoms. The van der Waals surface area contributed by atoms with E-state index in [1.165, 1.54) is 13.8 Å². The SMILES string of the molecule is CC(C)(NC(=O)O)N[C@@H](CO)C(F)(F)F. The summed E-state index contributed by atoms with van der Waals surface area (Å²) in [5.74, 6) is 0. The Bertz CT molecular complexity index is 230. The maximum Gasteiger partial charge on any atom is 0.406 e. The Kier molecular flexibility index (Phi) is 4.35. The molecule has 0 aromatic rings. The Hall–Kier alpha value is -1.02. The van der Waals surface area contributed by atoms with Crippen molar-refractivity contribution in [1.82, 2.24) is 10.6 Å². The van der Waals surface area contributed by atoms with Gasteiger partial charge in [0.05, 0.1) is 12.3 Å². The summed E-state index contributed by atoms with van der Waals surface area (Å²) < 4.78 is 36.6. The number of nitrogens with one attached hydrogen (secondary N) is 2. The van der Waals surface area contributed by atoms with E-state index in [0.717, 1.165) is 0 Å². The molecule has 0 heterocycles. The zero-order valence-corrected chi connectivity index (χ0v) is 8.22. The fourth-order valence-corrected chi connectivity index (χ4v) is 0.970. The maximum absolute atomic E-state index is 12.2. The van der Waals surface area contributed by atoms with E-state index >= 15 is 0 Å². The van der Waals surface area contributed by atoms with Gasteiger partial charge in [-0.25, -0.2) is 4.79 Å². The molecule has 0 aliphatic carbocycles. The van der Waals surface area contributed by atoms with Crippen LogP contribution in [-0.4, -0.2) is 40.8 Å². The lowest BCUT2D eigenvalue weighted by Crippen LogP contribution is -2.61. The van der Waals surface area contributed by atoms with Crippen molar-refractivity contribution in [2.24, 2.45) is 0 Å². The lowest BCUT2D eigenvalue weighted by atomic mass is 10.2. The molecule has 0 rings (SSSR count). The van der Waals surface area contributed by atoms with Crippen molar-refractivity contribution in [2.45, 2.75) is 31.7 Å². The minimum Gasteiger partial charge on any atom is -0.465 e. The summed E-state index contributed by atoms with van der Waals surface area (Å²) in [6, 6.07) is -2.17. The van der Waals surface area contributed by atoms with E-state index in [-0.39, 0.29) is 0 Å². The predicted molar refractivity (Wildman–Crippen MR) is 45.3 cm³/mol. The van der Waals surface area contributed by atoms with Crippen molar-refractivity contribution >= 4 is 6.09 Å². The average molecular weight is 230 g/mol. The Morgan fingerprint density at radius 3 is 2.13 bits per heavy atom. The summed E-state index contributed by atoms with van der Waals surface area (Å²) in [7, 11) is 0. The molecule has 0 aromatic carbocycles. The molecule has 0 aliphatic heterocycles. The molecule has 5 nitrogen and oxygen atoms in total. The van der Waals surface area contributed by atoms with Crippen LogP contribution < -0.4 is 10.6 Å². The Morgan fingerprint density at radius 2 is 1.87 bits per heavy atom. The number of hydrogen-bond acceptors (Lipinski definition) is 3. The molecule has 1 atom stereocenters. The van der Waals surface area contributed by atoms with E-state index in [4.69, 9.17) is 10.2 Å². The van der Waals surface area contributed by atoms with Gasteiger partial charge in [0.2, 0.25) is 0 Å². The van der Waals surface area contributed by atoms with Crippen molar-refractivity contribution in [3.8, 4) is 0 Å². The van der Waals surface area contributed by atoms with E-state index in [1.54, 1.807) is 0 Å². The molecular weight excluding hydrogens is 217 g/mol. The molecule has 0 radical (unpaired) electrons. The Balaban J connectivity index is 4.47. The van der Waals surface area contributed by atoms with E-state index < -0.39 is 30.6 Å². The van der Waals surface area contributed by atoms with Crippen LogP contribution in [0.25, 0.3) is 0 Å². The van der Waals surface area contributed by atoms with Crippen LogP contribution in [0.3, 0.4) is 0 Å². The second-order valence-electron chi connectivity index (χ2n) is 3.48. The average Bonchev–Trinajstić information content (AvgIpc) is 1.95. The molecule has 0 bridgehead atoms. The number of aliphatic hydroxyl groups excluding tert-OH is 1. The topological polar surface area (TPSA) is 81.6 Å². The van der Waals surface area contributed by atoms with Crippen molar-refractivity contribution in [3.63, 3.8) is 0 Å². The number of halogens is 3. The summed E-state index contributed by atoms with van der Waals surface area (Å²) >= 11 is 0. The molecule has 0 aromatic heterocycles. The van der Waals surface area contributed by atoms with Crippen LogP contribution >= 0.6 is 0 Å². The predicted octanol–water partition coefficient (Wildman–Crippen LogP) is 0.503. The quantitative estimate of drug-likeness (QED) is 0.530. The minimum absolute atomic E-state index is 1.16. The zero-order chi connectivity index (χ0) is 12.3. The molecule has 4 N–H and O–H groups in total. The van der Waals surface area contributed by atoms with Crippen LogP contribution in [0.5, 0.6) is 0 Å². The van der Waals surface area contributed by atoms with Gasteiger partial charge in [-0.15, -0.1) is 0 Å². The Morgan fingerprint density at radius 1 is 1.40 bits per heavy atom. The highest BCUT2D eigenvalue weighted by Gasteiger charge is 2.42. The number of hydrogen-bond donors (Lipinski definition) is 4. The summed E-state index contributed by atoms with van der Waals surface area (Å²) in [4.78, 5) is 10.2. The van der Waals surface area contributed by atoms with Crippen LogP contribution in [-0.2, 0) is 0 Å². The highest BCUT2D eigenvalue weighted by atomic mass is 19.4. The fourth-order valence-electron chi connectivity index (χ4n) is 0.970. The van der Waals surface area contributed by atoms with E-state index in [1.807, 2.05) is 10.6 Å². The van der Waals surface area contributed by atoms with E-state index in [0.29, 0.717) is 0 Å². The molecule has 0 saturated heterocycles. The minimum atomic E-state index is -4.63. The van der Waals surface area contributed by atoms with Crippen molar-refractivity contribution in [3.05, 3.63) is 0 Å². The lowest BCUT2D eigenvalue weighted by Gasteiger charge is -2.31. The third kappa shape index (κ3) is 5.43. The molecule has 0 fully saturated rings. The number of amides is 1. The van der Waals surface area contributed by atoms with Crippen LogP contribution in [0.2, 0.25) is 0 Å². The molecular formula is C7H13F3N2O3. The summed E-state index contributed by atoms with van der Waals surface area (Å²) in [6.07, 6.45) is -6.09. The maximum atomic E-state index is 12.2. The molecule has 15 heavy (non-hydrogen) atoms. The normalized spacial score (nSPS) is 14.8. The molecule has 90 valence electrons. The first-order valence-corrected chi connectivity index (χ1v) is 4.05. The fraction of sp³-hybridized carbons (Fsp3) is 0.857. The van der Waals surface area contributed by atoms with Gasteiger partial charge in [0, 0.05) is 0 Å². The number of alkyl halides is 3. The number of rotatable bonds is 4. The molecule has 0 aliphatic rings. The molecule has 1 amide bonds. The van der Waals surface area contributed by atoms with Gasteiger partial charge in [0.25, 0.3) is 0 Å². The monoisotopic (exact) mass is 230 g/mol. The smallest absolute Gasteiger partial charge is 0.406 e. The van der Waals surface area contributed by atoms with Crippen LogP contribution in [0.15, 0.2) is 0 Å². The first-order chi connectivity index (χ1) is 6.58. The number of carboxylic acid groups (broad SMARTS) is 1. The lowest BCUT2D eigenvalue weighted by molar-refractivity contribution is -0.169. The summed E-state index contributed by atoms with van der Waals surface area (Å²) in [6.45, 7) is 1.28. The first kappa shape index (κ1) is 14.0. The van der Waals surface area contributed by atoms with Gasteiger partial charge in [-0.3, -0.25) is 5.32 Å². The van der Waals surface area contributed by atoms with Crippen molar-refractivity contribution < 1.29 is 28.2 Å². The van der Waals surface area contributed by atoms with Crippen LogP contribution in [0.1, 0.15) is 13.8 Å². The first-order valence-electron chi connectivity index (χ1n) is 4.05. The van der Waals surface area contributed by atoms with E-state index in [9.17, 15) is 18.0 Å². The van der Waals surface area contributed by atoms with Crippen molar-refractivity contribution in [2.75, 3.05) is 6.61 Å². The second-order valence-corrected chi connectivity index (χ2v) is 3.48. The highest BCUT2D eigenvalue weighted by Crippen LogP contribution is 2.21. The number of aliphatic hydroxyl groups is 1. The van der Waals surface area contributed by atoms with Crippen LogP contribution in [0, 0.1) is 0 Å². The molecule has 0 unspecified atom stereocenters. The molecule has 0 saturated carbocycles. The third-order valence-electron chi connectivity index (χ3n) is 1.53. The highest BCUT2D eigenvalue weighted by molar-refractivity contribution is 5.65. The molecule has 0 spiro atoms. The summed E-state index contributed by atoms with van der Waals surface area (Å²) in [5, 5.41) is 20.6. The van der Waals surface area contributed by atoms with Crippen LogP contribution in [0.4, 0.5) is 18.0 Å². The van der Waals surface area contributed by atoms with Gasteiger partial charge in [-0.05, 0) is 13.8 Å². The van der Waals surface area contributed by atoms with E-state index in [2.05, 4.69) is 0 Å². The third-order valence-corrected chi connectivity index (χ3v) is 1.53.